The van der Waals surface area contributed by atoms with Crippen LogP contribution in [0.3, 0.4) is 0 Å². The number of hydrogen-bond acceptors (Lipinski definition) is 3. The standard InChI is InChI=1S/C8H7F5N4O/c9-5(10)6(18)16-1-2-17-4(3-16)14-15-7(17)8(11,12)13/h5H,1-3H2. The highest BCUT2D eigenvalue weighted by Crippen LogP contribution is 2.29. The van der Waals surface area contributed by atoms with E-state index < -0.39 is 30.9 Å². The molecular formula is C8H7F5N4O. The molecule has 10 heteroatoms. The van der Waals surface area contributed by atoms with Gasteiger partial charge in [-0.05, 0) is 0 Å². The van der Waals surface area contributed by atoms with Gasteiger partial charge in [0.15, 0.2) is 5.82 Å². The Morgan fingerprint density at radius 3 is 2.44 bits per heavy atom. The van der Waals surface area contributed by atoms with E-state index in [2.05, 4.69) is 10.2 Å². The predicted octanol–water partition coefficient (Wildman–Crippen LogP) is 0.904. The topological polar surface area (TPSA) is 51.0 Å². The van der Waals surface area contributed by atoms with Crippen molar-refractivity contribution in [2.45, 2.75) is 25.7 Å². The number of fused-ring (bicyclic) bond motifs is 1. The second-order valence-electron chi connectivity index (χ2n) is 3.65. The minimum Gasteiger partial charge on any atom is -0.328 e. The van der Waals surface area contributed by atoms with Gasteiger partial charge in [-0.2, -0.15) is 22.0 Å². The van der Waals surface area contributed by atoms with Crippen LogP contribution in [0.4, 0.5) is 22.0 Å². The normalized spacial score (nSPS) is 16.0. The molecule has 1 amide bonds. The summed E-state index contributed by atoms with van der Waals surface area (Å²) in [7, 11) is 0. The van der Waals surface area contributed by atoms with Gasteiger partial charge in [-0.15, -0.1) is 10.2 Å². The zero-order chi connectivity index (χ0) is 13.5. The highest BCUT2D eigenvalue weighted by Gasteiger charge is 2.40. The first-order chi connectivity index (χ1) is 8.30. The molecule has 0 aliphatic carbocycles. The van der Waals surface area contributed by atoms with Crippen LogP contribution in [0.15, 0.2) is 0 Å². The second-order valence-corrected chi connectivity index (χ2v) is 3.65. The van der Waals surface area contributed by atoms with Gasteiger partial charge in [-0.1, -0.05) is 0 Å². The molecule has 5 nitrogen and oxygen atoms in total. The third kappa shape index (κ3) is 2.14. The number of amides is 1. The summed E-state index contributed by atoms with van der Waals surface area (Å²) >= 11 is 0. The van der Waals surface area contributed by atoms with Crippen LogP contribution in [0, 0.1) is 0 Å². The predicted molar refractivity (Wildman–Crippen MR) is 46.4 cm³/mol. The molecule has 1 aliphatic heterocycles. The Balaban J connectivity index is 2.23. The van der Waals surface area contributed by atoms with Crippen molar-refractivity contribution in [2.75, 3.05) is 6.54 Å². The van der Waals surface area contributed by atoms with Crippen molar-refractivity contribution in [1.82, 2.24) is 19.7 Å². The fourth-order valence-electron chi connectivity index (χ4n) is 1.69. The molecular weight excluding hydrogens is 263 g/mol. The molecule has 18 heavy (non-hydrogen) atoms. The quantitative estimate of drug-likeness (QED) is 0.712. The minimum atomic E-state index is -4.65. The van der Waals surface area contributed by atoms with Gasteiger partial charge in [-0.3, -0.25) is 4.79 Å². The van der Waals surface area contributed by atoms with E-state index in [1.807, 2.05) is 0 Å². The fraction of sp³-hybridized carbons (Fsp3) is 0.625. The fourth-order valence-corrected chi connectivity index (χ4v) is 1.69. The highest BCUT2D eigenvalue weighted by atomic mass is 19.4. The van der Waals surface area contributed by atoms with Gasteiger partial charge in [0.1, 0.15) is 0 Å². The van der Waals surface area contributed by atoms with Crippen LogP contribution in [-0.2, 0) is 24.1 Å². The van der Waals surface area contributed by atoms with Crippen molar-refractivity contribution in [3.8, 4) is 0 Å². The third-order valence-corrected chi connectivity index (χ3v) is 2.51. The number of rotatable bonds is 1. The van der Waals surface area contributed by atoms with Gasteiger partial charge in [0.2, 0.25) is 5.82 Å². The number of carbonyl (C=O) groups is 1. The van der Waals surface area contributed by atoms with Crippen LogP contribution in [0.25, 0.3) is 0 Å². The lowest BCUT2D eigenvalue weighted by atomic mass is 10.3. The Kier molecular flexibility index (Phi) is 2.95. The van der Waals surface area contributed by atoms with E-state index in [0.717, 1.165) is 9.47 Å². The van der Waals surface area contributed by atoms with Crippen LogP contribution in [-0.4, -0.2) is 38.5 Å². The van der Waals surface area contributed by atoms with Crippen molar-refractivity contribution < 1.29 is 26.7 Å². The molecule has 0 aromatic carbocycles. The van der Waals surface area contributed by atoms with E-state index in [-0.39, 0.29) is 18.9 Å². The summed E-state index contributed by atoms with van der Waals surface area (Å²) < 4.78 is 62.5. The van der Waals surface area contributed by atoms with Gasteiger partial charge >= 0.3 is 12.6 Å². The lowest BCUT2D eigenvalue weighted by Gasteiger charge is -2.27. The SMILES string of the molecule is O=C(C(F)F)N1CCn2c(nnc2C(F)(F)F)C1. The lowest BCUT2D eigenvalue weighted by Crippen LogP contribution is -2.42. The maximum absolute atomic E-state index is 12.5. The maximum atomic E-state index is 12.5. The van der Waals surface area contributed by atoms with E-state index >= 15 is 0 Å². The largest absolute Gasteiger partial charge is 0.451 e. The maximum Gasteiger partial charge on any atom is 0.451 e. The summed E-state index contributed by atoms with van der Waals surface area (Å²) in [6.07, 6.45) is -7.83. The summed E-state index contributed by atoms with van der Waals surface area (Å²) in [5.41, 5.74) is 0. The second kappa shape index (κ2) is 4.18. The molecule has 2 rings (SSSR count). The third-order valence-electron chi connectivity index (χ3n) is 2.51. The summed E-state index contributed by atoms with van der Waals surface area (Å²) in [4.78, 5) is 11.8. The molecule has 2 heterocycles. The first kappa shape index (κ1) is 12.7. The molecule has 0 atom stereocenters. The highest BCUT2D eigenvalue weighted by molar-refractivity contribution is 5.79. The van der Waals surface area contributed by atoms with E-state index in [9.17, 15) is 26.7 Å². The Labute approximate surface area is 97.2 Å². The monoisotopic (exact) mass is 270 g/mol. The molecule has 0 saturated carbocycles. The van der Waals surface area contributed by atoms with Gasteiger partial charge in [0.05, 0.1) is 6.54 Å². The molecule has 0 saturated heterocycles. The Morgan fingerprint density at radius 1 is 1.22 bits per heavy atom. The molecule has 1 aliphatic rings. The van der Waals surface area contributed by atoms with E-state index in [0.29, 0.717) is 0 Å². The summed E-state index contributed by atoms with van der Waals surface area (Å²) in [5, 5.41) is 6.24. The Bertz CT molecular complexity index is 469. The van der Waals surface area contributed by atoms with E-state index in [1.54, 1.807) is 0 Å². The lowest BCUT2D eigenvalue weighted by molar-refractivity contribution is -0.149. The molecule has 0 fully saturated rings. The van der Waals surface area contributed by atoms with Gasteiger partial charge < -0.3 is 9.47 Å². The molecule has 1 aromatic rings. The minimum absolute atomic E-state index is 0.150. The van der Waals surface area contributed by atoms with Gasteiger partial charge in [0, 0.05) is 13.1 Å². The summed E-state index contributed by atoms with van der Waals surface area (Å²) in [5.74, 6) is -2.75. The van der Waals surface area contributed by atoms with Crippen molar-refractivity contribution in [1.29, 1.82) is 0 Å². The number of nitrogens with zero attached hydrogens (tertiary/aromatic N) is 4. The van der Waals surface area contributed by atoms with Crippen LogP contribution >= 0.6 is 0 Å². The molecule has 0 spiro atoms. The number of halogens is 5. The average Bonchev–Trinajstić information content (AvgIpc) is 2.69. The number of aromatic nitrogens is 3. The van der Waals surface area contributed by atoms with Crippen molar-refractivity contribution >= 4 is 5.91 Å². The van der Waals surface area contributed by atoms with Crippen LogP contribution in [0.5, 0.6) is 0 Å². The Hall–Kier alpha value is -1.74. The number of carbonyl (C=O) groups excluding carboxylic acids is 1. The molecule has 0 radical (unpaired) electrons. The summed E-state index contributed by atoms with van der Waals surface area (Å²) in [6, 6.07) is 0. The van der Waals surface area contributed by atoms with E-state index in [1.165, 1.54) is 0 Å². The molecule has 100 valence electrons. The van der Waals surface area contributed by atoms with Crippen molar-refractivity contribution in [3.63, 3.8) is 0 Å². The molecule has 0 bridgehead atoms. The zero-order valence-electron chi connectivity index (χ0n) is 8.79. The molecule has 0 unspecified atom stereocenters. The van der Waals surface area contributed by atoms with Crippen molar-refractivity contribution in [3.05, 3.63) is 11.6 Å². The first-order valence-electron chi connectivity index (χ1n) is 4.87. The first-order valence-corrected chi connectivity index (χ1v) is 4.87. The van der Waals surface area contributed by atoms with Crippen LogP contribution in [0.2, 0.25) is 0 Å². The van der Waals surface area contributed by atoms with Gasteiger partial charge in [-0.25, -0.2) is 0 Å². The zero-order valence-corrected chi connectivity index (χ0v) is 8.79. The molecule has 1 aromatic heterocycles. The Morgan fingerprint density at radius 2 is 1.89 bits per heavy atom. The number of alkyl halides is 5. The summed E-state index contributed by atoms with van der Waals surface area (Å²) in [6.45, 7) is -0.876. The van der Waals surface area contributed by atoms with Crippen LogP contribution < -0.4 is 0 Å². The van der Waals surface area contributed by atoms with Gasteiger partial charge in [0.25, 0.3) is 5.91 Å². The number of hydrogen-bond donors (Lipinski definition) is 0. The smallest absolute Gasteiger partial charge is 0.328 e. The van der Waals surface area contributed by atoms with Crippen LogP contribution in [0.1, 0.15) is 11.6 Å². The average molecular weight is 270 g/mol. The molecule has 0 N–H and O–H groups in total. The van der Waals surface area contributed by atoms with Crippen molar-refractivity contribution in [2.24, 2.45) is 0 Å². The van der Waals surface area contributed by atoms with E-state index in [4.69, 9.17) is 0 Å².